The van der Waals surface area contributed by atoms with Crippen LogP contribution in [0.4, 0.5) is 0 Å². The first-order valence-corrected chi connectivity index (χ1v) is 9.47. The van der Waals surface area contributed by atoms with E-state index in [-0.39, 0.29) is 11.6 Å². The van der Waals surface area contributed by atoms with Crippen LogP contribution in [0.15, 0.2) is 74.2 Å². The Morgan fingerprint density at radius 3 is 2.28 bits per heavy atom. The molecule has 7 heteroatoms. The van der Waals surface area contributed by atoms with Crippen molar-refractivity contribution in [1.29, 1.82) is 0 Å². The zero-order valence-electron chi connectivity index (χ0n) is 15.6. The molecule has 29 heavy (non-hydrogen) atoms. The zero-order chi connectivity index (χ0) is 20.4. The van der Waals surface area contributed by atoms with Gasteiger partial charge in [-0.3, -0.25) is 0 Å². The lowest BCUT2D eigenvalue weighted by Gasteiger charge is -2.07. The minimum absolute atomic E-state index is 0.151. The highest BCUT2D eigenvalue weighted by atomic mass is 79.9. The van der Waals surface area contributed by atoms with Gasteiger partial charge in [-0.1, -0.05) is 28.1 Å². The third-order valence-corrected chi connectivity index (χ3v) is 4.78. The average Bonchev–Trinajstić information content (AvgIpc) is 3.35. The van der Waals surface area contributed by atoms with Crippen molar-refractivity contribution in [2.45, 2.75) is 0 Å². The molecule has 1 aliphatic heterocycles. The van der Waals surface area contributed by atoms with E-state index in [9.17, 15) is 4.79 Å². The van der Waals surface area contributed by atoms with E-state index in [2.05, 4.69) is 20.9 Å². The number of ether oxygens (including phenoxy) is 3. The summed E-state index contributed by atoms with van der Waals surface area (Å²) in [5.74, 6) is 1.96. The maximum Gasteiger partial charge on any atom is 0.363 e. The molecule has 0 atom stereocenters. The van der Waals surface area contributed by atoms with Crippen molar-refractivity contribution >= 4 is 33.9 Å². The van der Waals surface area contributed by atoms with E-state index in [0.717, 1.165) is 10.0 Å². The number of furan rings is 1. The predicted molar refractivity (Wildman–Crippen MR) is 112 cm³/mol. The molecule has 6 nitrogen and oxygen atoms in total. The topological polar surface area (TPSA) is 70.3 Å². The summed E-state index contributed by atoms with van der Waals surface area (Å²) >= 11 is 3.41. The van der Waals surface area contributed by atoms with Gasteiger partial charge in [0.1, 0.15) is 23.0 Å². The van der Waals surface area contributed by atoms with E-state index < -0.39 is 5.97 Å². The number of esters is 1. The molecule has 0 N–H and O–H groups in total. The van der Waals surface area contributed by atoms with Crippen molar-refractivity contribution in [3.05, 3.63) is 76.1 Å². The highest BCUT2D eigenvalue weighted by Gasteiger charge is 2.25. The number of carbonyl (C=O) groups excluding carboxylic acids is 1. The van der Waals surface area contributed by atoms with Crippen LogP contribution in [0.5, 0.6) is 11.5 Å². The second-order valence-electron chi connectivity index (χ2n) is 6.15. The van der Waals surface area contributed by atoms with Gasteiger partial charge >= 0.3 is 5.97 Å². The number of carbonyl (C=O) groups is 1. The van der Waals surface area contributed by atoms with Crippen molar-refractivity contribution in [2.24, 2.45) is 4.99 Å². The van der Waals surface area contributed by atoms with E-state index in [4.69, 9.17) is 18.6 Å². The smallest absolute Gasteiger partial charge is 0.363 e. The van der Waals surface area contributed by atoms with E-state index in [1.807, 2.05) is 30.3 Å². The van der Waals surface area contributed by atoms with E-state index in [1.54, 1.807) is 44.6 Å². The normalized spacial score (nSPS) is 14.7. The summed E-state index contributed by atoms with van der Waals surface area (Å²) in [6.45, 7) is 0. The molecule has 2 aromatic carbocycles. The molecular formula is C22H16BrNO5. The fraction of sp³-hybridized carbons (Fsp3) is 0.0909. The third kappa shape index (κ3) is 4.09. The summed E-state index contributed by atoms with van der Waals surface area (Å²) in [5, 5.41) is 0. The highest BCUT2D eigenvalue weighted by molar-refractivity contribution is 9.10. The standard InChI is InChI=1S/C22H16BrNO5/c1-26-17-9-14(10-18(11-17)27-2)21-24-19(22(25)29-21)12-16-7-8-20(28-16)13-3-5-15(23)6-4-13/h3-12H,1-2H3/b19-12-. The van der Waals surface area contributed by atoms with Gasteiger partial charge in [0.25, 0.3) is 0 Å². The summed E-state index contributed by atoms with van der Waals surface area (Å²) < 4.78 is 22.6. The highest BCUT2D eigenvalue weighted by Crippen LogP contribution is 2.28. The van der Waals surface area contributed by atoms with Gasteiger partial charge < -0.3 is 18.6 Å². The van der Waals surface area contributed by atoms with Crippen molar-refractivity contribution in [3.63, 3.8) is 0 Å². The van der Waals surface area contributed by atoms with Gasteiger partial charge in [0.15, 0.2) is 5.70 Å². The summed E-state index contributed by atoms with van der Waals surface area (Å²) in [7, 11) is 3.10. The molecular weight excluding hydrogens is 438 g/mol. The van der Waals surface area contributed by atoms with E-state index in [0.29, 0.717) is 28.6 Å². The van der Waals surface area contributed by atoms with Crippen LogP contribution in [0, 0.1) is 0 Å². The monoisotopic (exact) mass is 453 g/mol. The van der Waals surface area contributed by atoms with Crippen LogP contribution in [-0.4, -0.2) is 26.1 Å². The largest absolute Gasteiger partial charge is 0.497 e. The molecule has 1 aliphatic rings. The molecule has 0 aliphatic carbocycles. The van der Waals surface area contributed by atoms with Crippen molar-refractivity contribution in [2.75, 3.05) is 14.2 Å². The van der Waals surface area contributed by atoms with Crippen molar-refractivity contribution in [3.8, 4) is 22.8 Å². The van der Waals surface area contributed by atoms with Gasteiger partial charge in [-0.25, -0.2) is 9.79 Å². The maximum atomic E-state index is 12.3. The lowest BCUT2D eigenvalue weighted by atomic mass is 10.2. The van der Waals surface area contributed by atoms with Gasteiger partial charge in [0, 0.05) is 27.7 Å². The minimum Gasteiger partial charge on any atom is -0.497 e. The van der Waals surface area contributed by atoms with Gasteiger partial charge in [0.05, 0.1) is 14.2 Å². The third-order valence-electron chi connectivity index (χ3n) is 4.25. The molecule has 3 aromatic rings. The minimum atomic E-state index is -0.552. The second-order valence-corrected chi connectivity index (χ2v) is 7.06. The Balaban J connectivity index is 1.63. The van der Waals surface area contributed by atoms with Crippen molar-refractivity contribution in [1.82, 2.24) is 0 Å². The number of hydrogen-bond donors (Lipinski definition) is 0. The maximum absolute atomic E-state index is 12.3. The van der Waals surface area contributed by atoms with Crippen LogP contribution < -0.4 is 9.47 Å². The Morgan fingerprint density at radius 1 is 0.931 bits per heavy atom. The summed E-state index contributed by atoms with van der Waals surface area (Å²) in [6.07, 6.45) is 1.55. The first kappa shape index (κ1) is 19.0. The number of methoxy groups -OCH3 is 2. The lowest BCUT2D eigenvalue weighted by Crippen LogP contribution is -2.06. The number of aliphatic imine (C=N–C) groups is 1. The van der Waals surface area contributed by atoms with Crippen LogP contribution in [0.1, 0.15) is 11.3 Å². The quantitative estimate of drug-likeness (QED) is 0.398. The van der Waals surface area contributed by atoms with E-state index >= 15 is 0 Å². The fourth-order valence-corrected chi connectivity index (χ4v) is 3.06. The molecule has 0 unspecified atom stereocenters. The van der Waals surface area contributed by atoms with Crippen molar-refractivity contribution < 1.29 is 23.4 Å². The zero-order valence-corrected chi connectivity index (χ0v) is 17.2. The molecule has 4 rings (SSSR count). The van der Waals surface area contributed by atoms with Crippen LogP contribution in [0.25, 0.3) is 17.4 Å². The molecule has 2 heterocycles. The Bertz CT molecular complexity index is 1110. The summed E-state index contributed by atoms with van der Waals surface area (Å²) in [4.78, 5) is 16.6. The molecule has 1 aromatic heterocycles. The van der Waals surface area contributed by atoms with Crippen LogP contribution >= 0.6 is 15.9 Å². The summed E-state index contributed by atoms with van der Waals surface area (Å²) in [5.41, 5.74) is 1.66. The number of rotatable bonds is 5. The van der Waals surface area contributed by atoms with E-state index in [1.165, 1.54) is 0 Å². The number of halogens is 1. The Labute approximate surface area is 175 Å². The van der Waals surface area contributed by atoms with Gasteiger partial charge in [-0.2, -0.15) is 0 Å². The fourth-order valence-electron chi connectivity index (χ4n) is 2.80. The average molecular weight is 454 g/mol. The number of nitrogens with zero attached hydrogens (tertiary/aromatic N) is 1. The molecule has 146 valence electrons. The van der Waals surface area contributed by atoms with Gasteiger partial charge in [0.2, 0.25) is 5.90 Å². The SMILES string of the molecule is COc1cc(OC)cc(C2=N/C(=C\c3ccc(-c4ccc(Br)cc4)o3)C(=O)O2)c1. The molecule has 0 amide bonds. The van der Waals surface area contributed by atoms with Crippen LogP contribution in [0.2, 0.25) is 0 Å². The molecule has 0 radical (unpaired) electrons. The van der Waals surface area contributed by atoms with Crippen LogP contribution in [0.3, 0.4) is 0 Å². The first-order valence-electron chi connectivity index (χ1n) is 8.67. The molecule has 0 spiro atoms. The first-order chi connectivity index (χ1) is 14.1. The number of cyclic esters (lactones) is 1. The molecule has 0 bridgehead atoms. The molecule has 0 saturated carbocycles. The van der Waals surface area contributed by atoms with Gasteiger partial charge in [-0.15, -0.1) is 0 Å². The Morgan fingerprint density at radius 2 is 1.62 bits per heavy atom. The Hall–Kier alpha value is -3.32. The lowest BCUT2D eigenvalue weighted by molar-refractivity contribution is -0.129. The summed E-state index contributed by atoms with van der Waals surface area (Å²) in [6, 6.07) is 16.5. The van der Waals surface area contributed by atoms with Crippen LogP contribution in [-0.2, 0) is 9.53 Å². The number of benzene rings is 2. The van der Waals surface area contributed by atoms with Gasteiger partial charge in [-0.05, 0) is 36.4 Å². The molecule has 0 saturated heterocycles. The Kier molecular flexibility index (Phi) is 5.22. The second kappa shape index (κ2) is 7.97. The molecule has 0 fully saturated rings. The number of hydrogen-bond acceptors (Lipinski definition) is 6. The predicted octanol–water partition coefficient (Wildman–Crippen LogP) is 5.07.